The molecular weight excluding hydrogens is 342 g/mol. The molecule has 7 heteroatoms. The molecule has 2 aromatic rings. The molecule has 0 spiro atoms. The fourth-order valence-electron chi connectivity index (χ4n) is 2.92. The lowest BCUT2D eigenvalue weighted by atomic mass is 9.99. The Morgan fingerprint density at radius 1 is 1.28 bits per heavy atom. The highest BCUT2D eigenvalue weighted by Gasteiger charge is 2.20. The van der Waals surface area contributed by atoms with Crippen molar-refractivity contribution in [1.29, 1.82) is 0 Å². The van der Waals surface area contributed by atoms with E-state index in [1.807, 2.05) is 24.3 Å². The minimum absolute atomic E-state index is 0.208. The Balaban J connectivity index is 1.69. The highest BCUT2D eigenvalue weighted by molar-refractivity contribution is 6.30. The first-order chi connectivity index (χ1) is 12.1. The maximum absolute atomic E-state index is 11.9. The van der Waals surface area contributed by atoms with Gasteiger partial charge in [-0.3, -0.25) is 9.88 Å². The Hall–Kier alpha value is -2.31. The lowest BCUT2D eigenvalue weighted by Crippen LogP contribution is -2.29. The van der Waals surface area contributed by atoms with Crippen molar-refractivity contribution >= 4 is 23.1 Å². The molecule has 0 unspecified atom stereocenters. The van der Waals surface area contributed by atoms with Gasteiger partial charge >= 0.3 is 11.7 Å². The SMILES string of the molecule is CCOC(=O)c1[nH]c(=O)[nH]c1CN1CC=C(c2ccc(Cl)cc2)CC1. The van der Waals surface area contributed by atoms with Crippen LogP contribution in [-0.2, 0) is 11.3 Å². The molecular formula is C18H20ClN3O3. The van der Waals surface area contributed by atoms with Crippen molar-refractivity contribution in [3.05, 3.63) is 62.8 Å². The Kier molecular flexibility index (Phi) is 5.40. The summed E-state index contributed by atoms with van der Waals surface area (Å²) in [6.45, 7) is 4.06. The van der Waals surface area contributed by atoms with Crippen LogP contribution in [0.5, 0.6) is 0 Å². The summed E-state index contributed by atoms with van der Waals surface area (Å²) in [4.78, 5) is 30.9. The summed E-state index contributed by atoms with van der Waals surface area (Å²) in [6.07, 6.45) is 3.06. The second-order valence-corrected chi connectivity index (χ2v) is 6.31. The third-order valence-corrected chi connectivity index (χ3v) is 4.43. The van der Waals surface area contributed by atoms with Gasteiger partial charge in [-0.1, -0.05) is 29.8 Å². The van der Waals surface area contributed by atoms with Gasteiger partial charge in [-0.25, -0.2) is 9.59 Å². The molecule has 0 saturated heterocycles. The molecule has 0 fully saturated rings. The molecule has 6 nitrogen and oxygen atoms in total. The average molecular weight is 362 g/mol. The molecule has 2 heterocycles. The molecule has 3 rings (SSSR count). The van der Waals surface area contributed by atoms with Crippen molar-refractivity contribution in [2.45, 2.75) is 19.9 Å². The first-order valence-electron chi connectivity index (χ1n) is 8.22. The summed E-state index contributed by atoms with van der Waals surface area (Å²) in [5, 5.41) is 0.727. The lowest BCUT2D eigenvalue weighted by molar-refractivity contribution is 0.0517. The fraction of sp³-hybridized carbons (Fsp3) is 0.333. The first kappa shape index (κ1) is 17.5. The van der Waals surface area contributed by atoms with Crippen molar-refractivity contribution in [2.24, 2.45) is 0 Å². The number of benzene rings is 1. The number of aromatic amines is 2. The largest absolute Gasteiger partial charge is 0.461 e. The third kappa shape index (κ3) is 4.21. The minimum Gasteiger partial charge on any atom is -0.461 e. The number of hydrogen-bond acceptors (Lipinski definition) is 4. The van der Waals surface area contributed by atoms with Crippen LogP contribution in [0.4, 0.5) is 0 Å². The van der Waals surface area contributed by atoms with Crippen molar-refractivity contribution in [2.75, 3.05) is 19.7 Å². The standard InChI is InChI=1S/C18H20ClN3O3/c1-2-25-17(23)16-15(20-18(24)21-16)11-22-9-7-13(8-10-22)12-3-5-14(19)6-4-12/h3-7H,2,8-11H2,1H3,(H2,20,21,24). The number of carbonyl (C=O) groups excluding carboxylic acids is 1. The predicted molar refractivity (Wildman–Crippen MR) is 96.7 cm³/mol. The van der Waals surface area contributed by atoms with Gasteiger partial charge in [0.15, 0.2) is 0 Å². The van der Waals surface area contributed by atoms with E-state index in [-0.39, 0.29) is 12.3 Å². The second kappa shape index (κ2) is 7.72. The second-order valence-electron chi connectivity index (χ2n) is 5.87. The Bertz CT molecular complexity index is 836. The van der Waals surface area contributed by atoms with E-state index >= 15 is 0 Å². The van der Waals surface area contributed by atoms with Crippen molar-refractivity contribution in [3.63, 3.8) is 0 Å². The first-order valence-corrected chi connectivity index (χ1v) is 8.60. The van der Waals surface area contributed by atoms with Gasteiger partial charge in [-0.05, 0) is 36.6 Å². The number of carbonyl (C=O) groups is 1. The van der Waals surface area contributed by atoms with Crippen LogP contribution >= 0.6 is 11.6 Å². The smallest absolute Gasteiger partial charge is 0.356 e. The molecule has 0 amide bonds. The number of hydrogen-bond donors (Lipinski definition) is 2. The molecule has 1 aromatic carbocycles. The number of H-pyrrole nitrogens is 2. The Morgan fingerprint density at radius 2 is 2.04 bits per heavy atom. The van der Waals surface area contributed by atoms with Gasteiger partial charge in [0.05, 0.1) is 12.3 Å². The number of ether oxygens (including phenoxy) is 1. The topological polar surface area (TPSA) is 78.2 Å². The third-order valence-electron chi connectivity index (χ3n) is 4.17. The molecule has 1 aliphatic rings. The lowest BCUT2D eigenvalue weighted by Gasteiger charge is -2.26. The molecule has 1 aromatic heterocycles. The molecule has 0 bridgehead atoms. The van der Waals surface area contributed by atoms with Gasteiger partial charge in [0.2, 0.25) is 0 Å². The van der Waals surface area contributed by atoms with Crippen LogP contribution in [0.1, 0.15) is 35.1 Å². The molecule has 0 radical (unpaired) electrons. The van der Waals surface area contributed by atoms with Crippen LogP contribution in [0.3, 0.4) is 0 Å². The van der Waals surface area contributed by atoms with E-state index in [0.717, 1.165) is 24.5 Å². The zero-order chi connectivity index (χ0) is 17.8. The summed E-state index contributed by atoms with van der Waals surface area (Å²) >= 11 is 5.93. The summed E-state index contributed by atoms with van der Waals surface area (Å²) < 4.78 is 4.99. The van der Waals surface area contributed by atoms with Gasteiger partial charge in [-0.15, -0.1) is 0 Å². The molecule has 132 valence electrons. The number of imidazole rings is 1. The van der Waals surface area contributed by atoms with Gasteiger partial charge in [-0.2, -0.15) is 0 Å². The maximum atomic E-state index is 11.9. The number of nitrogens with one attached hydrogen (secondary N) is 2. The van der Waals surface area contributed by atoms with Gasteiger partial charge in [0.25, 0.3) is 0 Å². The fourth-order valence-corrected chi connectivity index (χ4v) is 3.05. The van der Waals surface area contributed by atoms with Crippen molar-refractivity contribution in [3.8, 4) is 0 Å². The molecule has 2 N–H and O–H groups in total. The number of rotatable bonds is 5. The quantitative estimate of drug-likeness (QED) is 0.803. The van der Waals surface area contributed by atoms with E-state index < -0.39 is 11.7 Å². The van der Waals surface area contributed by atoms with Crippen LogP contribution in [0.2, 0.25) is 5.02 Å². The molecule has 1 aliphatic heterocycles. The zero-order valence-electron chi connectivity index (χ0n) is 14.0. The van der Waals surface area contributed by atoms with Crippen LogP contribution in [0.25, 0.3) is 5.57 Å². The Morgan fingerprint density at radius 3 is 2.68 bits per heavy atom. The minimum atomic E-state index is -0.509. The van der Waals surface area contributed by atoms with Crippen LogP contribution in [0.15, 0.2) is 35.1 Å². The highest BCUT2D eigenvalue weighted by Crippen LogP contribution is 2.24. The predicted octanol–water partition coefficient (Wildman–Crippen LogP) is 2.82. The molecule has 25 heavy (non-hydrogen) atoms. The summed E-state index contributed by atoms with van der Waals surface area (Å²) in [6, 6.07) is 7.82. The zero-order valence-corrected chi connectivity index (χ0v) is 14.7. The summed E-state index contributed by atoms with van der Waals surface area (Å²) in [7, 11) is 0. The van der Waals surface area contributed by atoms with Crippen molar-refractivity contribution < 1.29 is 9.53 Å². The van der Waals surface area contributed by atoms with Crippen LogP contribution in [0, 0.1) is 0 Å². The van der Waals surface area contributed by atoms with E-state index in [1.54, 1.807) is 6.92 Å². The number of halogens is 1. The average Bonchev–Trinajstić information content (AvgIpc) is 2.97. The maximum Gasteiger partial charge on any atom is 0.356 e. The van der Waals surface area contributed by atoms with Crippen LogP contribution < -0.4 is 5.69 Å². The number of esters is 1. The molecule has 0 saturated carbocycles. The summed E-state index contributed by atoms with van der Waals surface area (Å²) in [5.41, 5.74) is 2.82. The normalized spacial score (nSPS) is 15.0. The van der Waals surface area contributed by atoms with E-state index in [0.29, 0.717) is 12.2 Å². The number of nitrogens with zero attached hydrogens (tertiary/aromatic N) is 1. The van der Waals surface area contributed by atoms with Gasteiger partial charge < -0.3 is 9.72 Å². The van der Waals surface area contributed by atoms with Crippen molar-refractivity contribution in [1.82, 2.24) is 14.9 Å². The molecule has 0 atom stereocenters. The van der Waals surface area contributed by atoms with Gasteiger partial charge in [0.1, 0.15) is 5.69 Å². The summed E-state index contributed by atoms with van der Waals surface area (Å²) in [5.74, 6) is -0.509. The van der Waals surface area contributed by atoms with Gasteiger partial charge in [0, 0.05) is 24.7 Å². The molecule has 0 aliphatic carbocycles. The number of aromatic nitrogens is 2. The Labute approximate surface area is 150 Å². The van der Waals surface area contributed by atoms with E-state index in [2.05, 4.69) is 20.9 Å². The van der Waals surface area contributed by atoms with E-state index in [4.69, 9.17) is 16.3 Å². The van der Waals surface area contributed by atoms with Crippen LogP contribution in [-0.4, -0.2) is 40.5 Å². The van der Waals surface area contributed by atoms with E-state index in [9.17, 15) is 9.59 Å². The monoisotopic (exact) mass is 361 g/mol. The highest BCUT2D eigenvalue weighted by atomic mass is 35.5. The van der Waals surface area contributed by atoms with E-state index in [1.165, 1.54) is 11.1 Å².